The van der Waals surface area contributed by atoms with Crippen molar-refractivity contribution in [3.05, 3.63) is 18.5 Å². The van der Waals surface area contributed by atoms with E-state index in [1.54, 1.807) is 19.2 Å². The monoisotopic (exact) mass is 318 g/mol. The predicted octanol–water partition coefficient (Wildman–Crippen LogP) is 2.04. The number of methoxy groups -OCH3 is 1. The third kappa shape index (κ3) is 4.70. The van der Waals surface area contributed by atoms with Crippen LogP contribution in [0, 0.1) is 0 Å². The molecule has 0 unspecified atom stereocenters. The van der Waals surface area contributed by atoms with Crippen LogP contribution in [0.15, 0.2) is 18.5 Å². The molecule has 2 aromatic rings. The minimum Gasteiger partial charge on any atom is -0.493 e. The first kappa shape index (κ1) is 16.8. The van der Waals surface area contributed by atoms with E-state index in [0.29, 0.717) is 35.9 Å². The Morgan fingerprint density at radius 3 is 2.65 bits per heavy atom. The number of aromatic nitrogens is 2. The van der Waals surface area contributed by atoms with Gasteiger partial charge in [-0.05, 0) is 18.9 Å². The Bertz CT molecular complexity index is 676. The van der Waals surface area contributed by atoms with Crippen LogP contribution in [0.1, 0.15) is 32.1 Å². The molecule has 2 rings (SSSR count). The quantitative estimate of drug-likeness (QED) is 0.684. The third-order valence-corrected chi connectivity index (χ3v) is 3.53. The number of primary amides is 1. The van der Waals surface area contributed by atoms with Gasteiger partial charge in [-0.15, -0.1) is 0 Å². The number of rotatable bonds is 9. The lowest BCUT2D eigenvalue weighted by molar-refractivity contribution is -0.118. The molecule has 4 N–H and O–H groups in total. The van der Waals surface area contributed by atoms with Gasteiger partial charge in [-0.1, -0.05) is 12.8 Å². The molecule has 7 nitrogen and oxygen atoms in total. The summed E-state index contributed by atoms with van der Waals surface area (Å²) >= 11 is 0. The van der Waals surface area contributed by atoms with Gasteiger partial charge in [0, 0.05) is 17.9 Å². The normalized spacial score (nSPS) is 10.7. The zero-order valence-electron chi connectivity index (χ0n) is 13.2. The van der Waals surface area contributed by atoms with Gasteiger partial charge in [0.2, 0.25) is 5.91 Å². The molecule has 0 aliphatic rings. The van der Waals surface area contributed by atoms with Crippen molar-refractivity contribution in [3.8, 4) is 11.5 Å². The average Bonchev–Trinajstić information content (AvgIpc) is 2.53. The van der Waals surface area contributed by atoms with Crippen molar-refractivity contribution in [2.45, 2.75) is 32.1 Å². The van der Waals surface area contributed by atoms with Crippen LogP contribution in [-0.4, -0.2) is 29.6 Å². The highest BCUT2D eigenvalue weighted by Crippen LogP contribution is 2.33. The molecule has 0 fully saturated rings. The summed E-state index contributed by atoms with van der Waals surface area (Å²) in [5.41, 5.74) is 11.7. The van der Waals surface area contributed by atoms with Crippen molar-refractivity contribution in [1.29, 1.82) is 0 Å². The Balaban J connectivity index is 1.91. The molecule has 1 aromatic carbocycles. The van der Waals surface area contributed by atoms with Crippen LogP contribution in [0.4, 0.5) is 5.82 Å². The van der Waals surface area contributed by atoms with Crippen LogP contribution < -0.4 is 20.9 Å². The maximum absolute atomic E-state index is 10.6. The summed E-state index contributed by atoms with van der Waals surface area (Å²) in [6.07, 6.45) is 5.52. The van der Waals surface area contributed by atoms with Gasteiger partial charge in [-0.2, -0.15) is 0 Å². The second-order valence-corrected chi connectivity index (χ2v) is 5.26. The van der Waals surface area contributed by atoms with Gasteiger partial charge in [0.05, 0.1) is 19.2 Å². The number of benzene rings is 1. The average molecular weight is 318 g/mol. The van der Waals surface area contributed by atoms with E-state index >= 15 is 0 Å². The van der Waals surface area contributed by atoms with Crippen molar-refractivity contribution in [1.82, 2.24) is 9.97 Å². The summed E-state index contributed by atoms with van der Waals surface area (Å²) in [5.74, 6) is 1.40. The Labute approximate surface area is 135 Å². The van der Waals surface area contributed by atoms with Crippen LogP contribution in [0.3, 0.4) is 0 Å². The summed E-state index contributed by atoms with van der Waals surface area (Å²) < 4.78 is 11.1. The second-order valence-electron chi connectivity index (χ2n) is 5.26. The van der Waals surface area contributed by atoms with Crippen molar-refractivity contribution in [2.75, 3.05) is 19.5 Å². The predicted molar refractivity (Wildman–Crippen MR) is 88.3 cm³/mol. The van der Waals surface area contributed by atoms with E-state index in [1.807, 2.05) is 0 Å². The van der Waals surface area contributed by atoms with E-state index in [9.17, 15) is 4.79 Å². The molecule has 0 saturated carbocycles. The minimum atomic E-state index is -0.248. The summed E-state index contributed by atoms with van der Waals surface area (Å²) in [6, 6.07) is 3.59. The standard InChI is InChI=1S/C16H22N4O3/c1-22-13-9-12-11(16(18)20-10-19-12)8-14(13)23-7-5-3-2-4-6-15(17)21/h8-10H,2-7H2,1H3,(H2,17,21)(H2,18,19,20). The van der Waals surface area contributed by atoms with E-state index in [1.165, 1.54) is 6.33 Å². The fourth-order valence-corrected chi connectivity index (χ4v) is 2.29. The molecule has 1 heterocycles. The molecular weight excluding hydrogens is 296 g/mol. The minimum absolute atomic E-state index is 0.248. The fraction of sp³-hybridized carbons (Fsp3) is 0.438. The number of amides is 1. The lowest BCUT2D eigenvalue weighted by Gasteiger charge is -2.12. The van der Waals surface area contributed by atoms with Crippen molar-refractivity contribution >= 4 is 22.6 Å². The van der Waals surface area contributed by atoms with Gasteiger partial charge in [0.15, 0.2) is 11.5 Å². The highest BCUT2D eigenvalue weighted by Gasteiger charge is 2.10. The molecule has 7 heteroatoms. The smallest absolute Gasteiger partial charge is 0.217 e. The number of ether oxygens (including phenoxy) is 2. The number of hydrogen-bond donors (Lipinski definition) is 2. The van der Waals surface area contributed by atoms with Crippen LogP contribution in [0.25, 0.3) is 10.9 Å². The largest absolute Gasteiger partial charge is 0.493 e. The lowest BCUT2D eigenvalue weighted by atomic mass is 10.1. The molecule has 1 amide bonds. The number of nitrogen functional groups attached to an aromatic ring is 1. The number of anilines is 1. The lowest BCUT2D eigenvalue weighted by Crippen LogP contribution is -2.09. The molecule has 0 aliphatic heterocycles. The zero-order chi connectivity index (χ0) is 16.7. The first-order valence-corrected chi connectivity index (χ1v) is 7.61. The number of nitrogens with zero attached hydrogens (tertiary/aromatic N) is 2. The Hall–Kier alpha value is -2.57. The second kappa shape index (κ2) is 8.17. The number of nitrogens with two attached hydrogens (primary N) is 2. The van der Waals surface area contributed by atoms with E-state index < -0.39 is 0 Å². The van der Waals surface area contributed by atoms with Crippen molar-refractivity contribution < 1.29 is 14.3 Å². The maximum atomic E-state index is 10.6. The third-order valence-electron chi connectivity index (χ3n) is 3.53. The zero-order valence-corrected chi connectivity index (χ0v) is 13.2. The highest BCUT2D eigenvalue weighted by atomic mass is 16.5. The van der Waals surface area contributed by atoms with Gasteiger partial charge in [0.25, 0.3) is 0 Å². The van der Waals surface area contributed by atoms with Crippen LogP contribution >= 0.6 is 0 Å². The number of hydrogen-bond acceptors (Lipinski definition) is 6. The van der Waals surface area contributed by atoms with Gasteiger partial charge >= 0.3 is 0 Å². The van der Waals surface area contributed by atoms with Crippen molar-refractivity contribution in [3.63, 3.8) is 0 Å². The highest BCUT2D eigenvalue weighted by molar-refractivity contribution is 5.90. The van der Waals surface area contributed by atoms with Crippen molar-refractivity contribution in [2.24, 2.45) is 5.73 Å². The maximum Gasteiger partial charge on any atom is 0.217 e. The number of fused-ring (bicyclic) bond motifs is 1. The summed E-state index contributed by atoms with van der Waals surface area (Å²) in [6.45, 7) is 0.562. The van der Waals surface area contributed by atoms with Crippen LogP contribution in [0.5, 0.6) is 11.5 Å². The van der Waals surface area contributed by atoms with E-state index in [0.717, 1.165) is 31.1 Å². The van der Waals surface area contributed by atoms with Gasteiger partial charge in [0.1, 0.15) is 12.1 Å². The molecule has 0 radical (unpaired) electrons. The van der Waals surface area contributed by atoms with E-state index in [4.69, 9.17) is 20.9 Å². The van der Waals surface area contributed by atoms with Gasteiger partial charge in [-0.3, -0.25) is 4.79 Å². The van der Waals surface area contributed by atoms with Crippen LogP contribution in [-0.2, 0) is 4.79 Å². The van der Waals surface area contributed by atoms with Gasteiger partial charge in [-0.25, -0.2) is 9.97 Å². The molecule has 0 saturated heterocycles. The molecule has 0 spiro atoms. The SMILES string of the molecule is COc1cc2ncnc(N)c2cc1OCCCCCCC(N)=O. The van der Waals surface area contributed by atoms with Crippen LogP contribution in [0.2, 0.25) is 0 Å². The van der Waals surface area contributed by atoms with E-state index in [2.05, 4.69) is 9.97 Å². The molecule has 23 heavy (non-hydrogen) atoms. The molecule has 0 atom stereocenters. The fourth-order valence-electron chi connectivity index (χ4n) is 2.29. The number of unbranched alkanes of at least 4 members (excludes halogenated alkanes) is 3. The topological polar surface area (TPSA) is 113 Å². The number of carbonyl (C=O) groups is 1. The Kier molecular flexibility index (Phi) is 5.96. The molecule has 0 bridgehead atoms. The van der Waals surface area contributed by atoms with E-state index in [-0.39, 0.29) is 5.91 Å². The summed E-state index contributed by atoms with van der Waals surface area (Å²) in [4.78, 5) is 18.8. The molecule has 1 aromatic heterocycles. The molecule has 124 valence electrons. The Morgan fingerprint density at radius 1 is 1.13 bits per heavy atom. The molecular formula is C16H22N4O3. The summed E-state index contributed by atoms with van der Waals surface area (Å²) in [7, 11) is 1.59. The Morgan fingerprint density at radius 2 is 1.91 bits per heavy atom. The first-order valence-electron chi connectivity index (χ1n) is 7.61. The molecule has 0 aliphatic carbocycles. The number of carbonyl (C=O) groups excluding carboxylic acids is 1. The first-order chi connectivity index (χ1) is 11.1. The van der Waals surface area contributed by atoms with Gasteiger partial charge < -0.3 is 20.9 Å². The summed E-state index contributed by atoms with van der Waals surface area (Å²) in [5, 5.41) is 0.741.